The highest BCUT2D eigenvalue weighted by Gasteiger charge is 2.25. The SMILES string of the molecule is Cc1oc(-c2cccc(Oc3ccccc3)c2)nc1CN1CCN(C(=O)c2ccco2)CC1. The molecule has 7 heteroatoms. The second-order valence-electron chi connectivity index (χ2n) is 8.01. The van der Waals surface area contributed by atoms with E-state index >= 15 is 0 Å². The fraction of sp³-hybridized carbons (Fsp3) is 0.231. The molecule has 1 saturated heterocycles. The lowest BCUT2D eigenvalue weighted by atomic mass is 10.2. The molecule has 7 nitrogen and oxygen atoms in total. The molecule has 0 saturated carbocycles. The summed E-state index contributed by atoms with van der Waals surface area (Å²) in [5, 5.41) is 0. The first-order valence-electron chi connectivity index (χ1n) is 11.0. The van der Waals surface area contributed by atoms with Crippen LogP contribution in [-0.2, 0) is 6.54 Å². The van der Waals surface area contributed by atoms with Crippen molar-refractivity contribution in [3.63, 3.8) is 0 Å². The number of carbonyl (C=O) groups is 1. The van der Waals surface area contributed by atoms with Crippen LogP contribution in [0.15, 0.2) is 81.8 Å². The van der Waals surface area contributed by atoms with Crippen LogP contribution in [0.5, 0.6) is 11.5 Å². The number of benzene rings is 2. The minimum absolute atomic E-state index is 0.0582. The second-order valence-corrected chi connectivity index (χ2v) is 8.01. The largest absolute Gasteiger partial charge is 0.459 e. The van der Waals surface area contributed by atoms with Crippen LogP contribution in [0, 0.1) is 6.92 Å². The van der Waals surface area contributed by atoms with Crippen LogP contribution in [0.4, 0.5) is 0 Å². The van der Waals surface area contributed by atoms with Crippen molar-refractivity contribution in [1.29, 1.82) is 0 Å². The van der Waals surface area contributed by atoms with E-state index in [1.165, 1.54) is 6.26 Å². The Kier molecular flexibility index (Phi) is 5.95. The summed E-state index contributed by atoms with van der Waals surface area (Å²) in [4.78, 5) is 21.3. The Balaban J connectivity index is 1.23. The van der Waals surface area contributed by atoms with Gasteiger partial charge in [-0.15, -0.1) is 0 Å². The van der Waals surface area contributed by atoms with Gasteiger partial charge < -0.3 is 18.5 Å². The second kappa shape index (κ2) is 9.34. The fourth-order valence-corrected chi connectivity index (χ4v) is 3.89. The molecule has 0 unspecified atom stereocenters. The van der Waals surface area contributed by atoms with E-state index in [2.05, 4.69) is 4.90 Å². The topological polar surface area (TPSA) is 72.0 Å². The molecule has 33 heavy (non-hydrogen) atoms. The molecule has 0 radical (unpaired) electrons. The third kappa shape index (κ3) is 4.83. The number of amides is 1. The molecular formula is C26H25N3O4. The molecule has 1 fully saturated rings. The van der Waals surface area contributed by atoms with Crippen molar-refractivity contribution in [1.82, 2.24) is 14.8 Å². The van der Waals surface area contributed by atoms with E-state index in [0.717, 1.165) is 41.6 Å². The van der Waals surface area contributed by atoms with Gasteiger partial charge in [0.25, 0.3) is 5.91 Å². The Morgan fingerprint density at radius 1 is 0.970 bits per heavy atom. The van der Waals surface area contributed by atoms with Crippen LogP contribution in [0.2, 0.25) is 0 Å². The van der Waals surface area contributed by atoms with Crippen molar-refractivity contribution in [2.24, 2.45) is 0 Å². The summed E-state index contributed by atoms with van der Waals surface area (Å²) >= 11 is 0. The third-order valence-corrected chi connectivity index (χ3v) is 5.72. The first kappa shape index (κ1) is 21.0. The van der Waals surface area contributed by atoms with Gasteiger partial charge in [-0.25, -0.2) is 4.98 Å². The van der Waals surface area contributed by atoms with Crippen molar-refractivity contribution in [3.8, 4) is 23.0 Å². The van der Waals surface area contributed by atoms with Crippen molar-refractivity contribution in [2.75, 3.05) is 26.2 Å². The molecule has 0 spiro atoms. The first-order chi connectivity index (χ1) is 16.2. The Hall–Kier alpha value is -3.84. The molecule has 1 amide bonds. The predicted octanol–water partition coefficient (Wildman–Crippen LogP) is 4.99. The molecular weight excluding hydrogens is 418 g/mol. The summed E-state index contributed by atoms with van der Waals surface area (Å²) in [7, 11) is 0. The van der Waals surface area contributed by atoms with Gasteiger partial charge in [-0.05, 0) is 49.4 Å². The molecule has 1 aliphatic rings. The minimum atomic E-state index is -0.0582. The van der Waals surface area contributed by atoms with Crippen molar-refractivity contribution < 1.29 is 18.4 Å². The summed E-state index contributed by atoms with van der Waals surface area (Å²) in [6, 6.07) is 20.9. The quantitative estimate of drug-likeness (QED) is 0.418. The maximum Gasteiger partial charge on any atom is 0.289 e. The summed E-state index contributed by atoms with van der Waals surface area (Å²) in [5.41, 5.74) is 1.77. The Bertz CT molecular complexity index is 1210. The lowest BCUT2D eigenvalue weighted by Crippen LogP contribution is -2.48. The van der Waals surface area contributed by atoms with Crippen LogP contribution in [0.1, 0.15) is 22.0 Å². The number of hydrogen-bond acceptors (Lipinski definition) is 6. The molecule has 5 rings (SSSR count). The average Bonchev–Trinajstić information content (AvgIpc) is 3.51. The minimum Gasteiger partial charge on any atom is -0.459 e. The number of furan rings is 1. The average molecular weight is 444 g/mol. The zero-order valence-electron chi connectivity index (χ0n) is 18.4. The summed E-state index contributed by atoms with van der Waals surface area (Å²) in [6.45, 7) is 5.47. The summed E-state index contributed by atoms with van der Waals surface area (Å²) < 4.78 is 17.2. The molecule has 0 atom stereocenters. The molecule has 4 aromatic rings. The zero-order valence-corrected chi connectivity index (χ0v) is 18.4. The number of ether oxygens (including phenoxy) is 1. The normalized spacial score (nSPS) is 14.4. The maximum absolute atomic E-state index is 12.5. The van der Waals surface area contributed by atoms with Crippen LogP contribution >= 0.6 is 0 Å². The smallest absolute Gasteiger partial charge is 0.289 e. The molecule has 0 aliphatic carbocycles. The number of piperazine rings is 1. The van der Waals surface area contributed by atoms with E-state index < -0.39 is 0 Å². The Morgan fingerprint density at radius 2 is 1.76 bits per heavy atom. The molecule has 1 aliphatic heterocycles. The molecule has 0 bridgehead atoms. The van der Waals surface area contributed by atoms with Gasteiger partial charge in [0, 0.05) is 38.3 Å². The number of hydrogen-bond donors (Lipinski definition) is 0. The number of aryl methyl sites for hydroxylation is 1. The van der Waals surface area contributed by atoms with E-state index in [1.807, 2.05) is 66.4 Å². The summed E-state index contributed by atoms with van der Waals surface area (Å²) in [5.74, 6) is 3.22. The van der Waals surface area contributed by atoms with Gasteiger partial charge in [0.05, 0.1) is 12.0 Å². The highest BCUT2D eigenvalue weighted by molar-refractivity contribution is 5.91. The number of carbonyl (C=O) groups excluding carboxylic acids is 1. The van der Waals surface area contributed by atoms with Crippen molar-refractivity contribution in [2.45, 2.75) is 13.5 Å². The van der Waals surface area contributed by atoms with E-state index in [1.54, 1.807) is 12.1 Å². The van der Waals surface area contributed by atoms with Gasteiger partial charge in [-0.2, -0.15) is 0 Å². The molecule has 2 aromatic carbocycles. The van der Waals surface area contributed by atoms with Gasteiger partial charge in [0.1, 0.15) is 17.3 Å². The van der Waals surface area contributed by atoms with Crippen molar-refractivity contribution >= 4 is 5.91 Å². The third-order valence-electron chi connectivity index (χ3n) is 5.72. The van der Waals surface area contributed by atoms with Gasteiger partial charge in [-0.1, -0.05) is 24.3 Å². The number of oxazole rings is 1. The van der Waals surface area contributed by atoms with E-state index in [4.69, 9.17) is 18.6 Å². The van der Waals surface area contributed by atoms with Gasteiger partial charge >= 0.3 is 0 Å². The van der Waals surface area contributed by atoms with Crippen LogP contribution in [0.3, 0.4) is 0 Å². The van der Waals surface area contributed by atoms with Crippen LogP contribution in [0.25, 0.3) is 11.5 Å². The lowest BCUT2D eigenvalue weighted by molar-refractivity contribution is 0.0596. The lowest BCUT2D eigenvalue weighted by Gasteiger charge is -2.33. The maximum atomic E-state index is 12.5. The molecule has 3 heterocycles. The standard InChI is InChI=1S/C26H25N3O4/c1-19-23(18-28-12-14-29(15-13-28)26(30)24-11-6-16-31-24)27-25(32-19)20-7-5-10-22(17-20)33-21-8-3-2-4-9-21/h2-11,16-17H,12-15,18H2,1H3. The predicted molar refractivity (Wildman–Crippen MR) is 123 cm³/mol. The molecule has 2 aromatic heterocycles. The van der Waals surface area contributed by atoms with E-state index in [-0.39, 0.29) is 5.91 Å². The summed E-state index contributed by atoms with van der Waals surface area (Å²) in [6.07, 6.45) is 1.53. The first-order valence-corrected chi connectivity index (χ1v) is 11.0. The van der Waals surface area contributed by atoms with Crippen LogP contribution in [-0.4, -0.2) is 46.9 Å². The molecule has 168 valence electrons. The monoisotopic (exact) mass is 443 g/mol. The fourth-order valence-electron chi connectivity index (χ4n) is 3.89. The van der Waals surface area contributed by atoms with Gasteiger partial charge in [0.2, 0.25) is 5.89 Å². The van der Waals surface area contributed by atoms with Gasteiger partial charge in [-0.3, -0.25) is 9.69 Å². The highest BCUT2D eigenvalue weighted by Crippen LogP contribution is 2.28. The zero-order chi connectivity index (χ0) is 22.6. The van der Waals surface area contributed by atoms with E-state index in [9.17, 15) is 4.79 Å². The van der Waals surface area contributed by atoms with Crippen LogP contribution < -0.4 is 4.74 Å². The van der Waals surface area contributed by atoms with Gasteiger partial charge in [0.15, 0.2) is 5.76 Å². The van der Waals surface area contributed by atoms with Crippen molar-refractivity contribution in [3.05, 3.63) is 90.2 Å². The molecule has 0 N–H and O–H groups in total. The number of rotatable bonds is 6. The van der Waals surface area contributed by atoms with E-state index in [0.29, 0.717) is 31.3 Å². The Morgan fingerprint density at radius 3 is 2.52 bits per heavy atom. The highest BCUT2D eigenvalue weighted by atomic mass is 16.5. The number of para-hydroxylation sites is 1. The number of nitrogens with zero attached hydrogens (tertiary/aromatic N) is 3. The Labute approximate surface area is 192 Å². The number of aromatic nitrogens is 1.